The van der Waals surface area contributed by atoms with Gasteiger partial charge in [-0.1, -0.05) is 13.8 Å². The van der Waals surface area contributed by atoms with Gasteiger partial charge in [-0.25, -0.2) is 4.98 Å². The zero-order valence-corrected chi connectivity index (χ0v) is 9.07. The fourth-order valence-electron chi connectivity index (χ4n) is 2.50. The van der Waals surface area contributed by atoms with E-state index in [4.69, 9.17) is 4.42 Å². The van der Waals surface area contributed by atoms with Crippen molar-refractivity contribution in [3.8, 4) is 0 Å². The summed E-state index contributed by atoms with van der Waals surface area (Å²) in [6.45, 7) is 4.67. The highest BCUT2D eigenvalue weighted by molar-refractivity contribution is 5.00. The van der Waals surface area contributed by atoms with Crippen LogP contribution >= 0.6 is 0 Å². The minimum atomic E-state index is 0.632. The lowest BCUT2D eigenvalue weighted by atomic mass is 9.76. The van der Waals surface area contributed by atoms with Crippen LogP contribution in [0.4, 0.5) is 0 Å². The van der Waals surface area contributed by atoms with E-state index < -0.39 is 0 Å². The summed E-state index contributed by atoms with van der Waals surface area (Å²) in [6, 6.07) is 0. The average molecular weight is 193 g/mol. The molecule has 2 nitrogen and oxygen atoms in total. The second kappa shape index (κ2) is 4.16. The molecule has 0 bridgehead atoms. The Bertz CT molecular complexity index is 258. The molecule has 1 saturated carbocycles. The van der Waals surface area contributed by atoms with Crippen LogP contribution in [0.25, 0.3) is 0 Å². The van der Waals surface area contributed by atoms with Crippen molar-refractivity contribution in [2.75, 3.05) is 0 Å². The van der Waals surface area contributed by atoms with E-state index in [0.717, 1.165) is 17.6 Å². The van der Waals surface area contributed by atoms with Crippen molar-refractivity contribution >= 4 is 0 Å². The van der Waals surface area contributed by atoms with E-state index in [-0.39, 0.29) is 0 Å². The predicted molar refractivity (Wildman–Crippen MR) is 56.0 cm³/mol. The van der Waals surface area contributed by atoms with Gasteiger partial charge in [0.05, 0.1) is 6.20 Å². The molecule has 1 aromatic heterocycles. The average Bonchev–Trinajstić information content (AvgIpc) is 2.71. The van der Waals surface area contributed by atoms with Gasteiger partial charge in [0.15, 0.2) is 6.39 Å². The van der Waals surface area contributed by atoms with Crippen molar-refractivity contribution in [1.82, 2.24) is 4.98 Å². The summed E-state index contributed by atoms with van der Waals surface area (Å²) in [7, 11) is 0. The van der Waals surface area contributed by atoms with Crippen molar-refractivity contribution in [3.05, 3.63) is 18.4 Å². The molecular formula is C12H19NO. The fourth-order valence-corrected chi connectivity index (χ4v) is 2.50. The molecule has 1 heterocycles. The first-order valence-electron chi connectivity index (χ1n) is 5.65. The third-order valence-corrected chi connectivity index (χ3v) is 3.57. The van der Waals surface area contributed by atoms with Gasteiger partial charge in [0.2, 0.25) is 0 Å². The van der Waals surface area contributed by atoms with Crippen LogP contribution in [0.1, 0.15) is 51.2 Å². The second-order valence-electron chi connectivity index (χ2n) is 4.76. The first-order valence-corrected chi connectivity index (χ1v) is 5.65. The topological polar surface area (TPSA) is 26.0 Å². The van der Waals surface area contributed by atoms with Gasteiger partial charge >= 0.3 is 0 Å². The first-order chi connectivity index (χ1) is 6.77. The van der Waals surface area contributed by atoms with Crippen LogP contribution in [-0.4, -0.2) is 4.98 Å². The van der Waals surface area contributed by atoms with E-state index in [1.54, 1.807) is 6.39 Å². The Hall–Kier alpha value is -0.790. The highest BCUT2D eigenvalue weighted by atomic mass is 16.3. The normalized spacial score (nSPS) is 28.2. The molecule has 0 amide bonds. The number of hydrogen-bond acceptors (Lipinski definition) is 2. The smallest absolute Gasteiger partial charge is 0.180 e. The molecule has 0 saturated heterocycles. The number of hydrogen-bond donors (Lipinski definition) is 0. The van der Waals surface area contributed by atoms with Gasteiger partial charge in [-0.15, -0.1) is 0 Å². The zero-order chi connectivity index (χ0) is 9.97. The molecule has 14 heavy (non-hydrogen) atoms. The Morgan fingerprint density at radius 3 is 2.50 bits per heavy atom. The van der Waals surface area contributed by atoms with Crippen LogP contribution in [0.3, 0.4) is 0 Å². The van der Waals surface area contributed by atoms with E-state index in [2.05, 4.69) is 18.8 Å². The Morgan fingerprint density at radius 1 is 1.29 bits per heavy atom. The molecule has 0 aliphatic heterocycles. The van der Waals surface area contributed by atoms with E-state index >= 15 is 0 Å². The Morgan fingerprint density at radius 2 is 2.00 bits per heavy atom. The molecule has 0 radical (unpaired) electrons. The predicted octanol–water partition coefficient (Wildman–Crippen LogP) is 3.60. The summed E-state index contributed by atoms with van der Waals surface area (Å²) in [5, 5.41) is 0. The van der Waals surface area contributed by atoms with Gasteiger partial charge in [-0.2, -0.15) is 0 Å². The highest BCUT2D eigenvalue weighted by Crippen LogP contribution is 2.38. The summed E-state index contributed by atoms with van der Waals surface area (Å²) in [6.07, 6.45) is 8.67. The number of nitrogens with zero attached hydrogens (tertiary/aromatic N) is 1. The van der Waals surface area contributed by atoms with Crippen LogP contribution < -0.4 is 0 Å². The van der Waals surface area contributed by atoms with Gasteiger partial charge in [0.25, 0.3) is 0 Å². The maximum absolute atomic E-state index is 5.36. The first kappa shape index (κ1) is 9.75. The van der Waals surface area contributed by atoms with Gasteiger partial charge in [0, 0.05) is 5.92 Å². The molecule has 1 aliphatic carbocycles. The molecule has 0 atom stereocenters. The molecule has 1 fully saturated rings. The Kier molecular flexibility index (Phi) is 2.90. The maximum Gasteiger partial charge on any atom is 0.180 e. The van der Waals surface area contributed by atoms with E-state index in [1.807, 2.05) is 6.20 Å². The van der Waals surface area contributed by atoms with Crippen LogP contribution in [0.2, 0.25) is 0 Å². The minimum Gasteiger partial charge on any atom is -0.448 e. The van der Waals surface area contributed by atoms with E-state index in [9.17, 15) is 0 Å². The monoisotopic (exact) mass is 193 g/mol. The highest BCUT2D eigenvalue weighted by Gasteiger charge is 2.25. The number of oxazole rings is 1. The number of aromatic nitrogens is 1. The van der Waals surface area contributed by atoms with Crippen LogP contribution in [-0.2, 0) is 0 Å². The third-order valence-electron chi connectivity index (χ3n) is 3.57. The summed E-state index contributed by atoms with van der Waals surface area (Å²) >= 11 is 0. The zero-order valence-electron chi connectivity index (χ0n) is 9.07. The van der Waals surface area contributed by atoms with Gasteiger partial charge in [-0.3, -0.25) is 0 Å². The summed E-state index contributed by atoms with van der Waals surface area (Å²) < 4.78 is 5.36. The second-order valence-corrected chi connectivity index (χ2v) is 4.76. The molecule has 1 aliphatic rings. The third kappa shape index (κ3) is 1.99. The molecule has 2 rings (SSSR count). The van der Waals surface area contributed by atoms with Crippen molar-refractivity contribution < 1.29 is 4.42 Å². The summed E-state index contributed by atoms with van der Waals surface area (Å²) in [5.41, 5.74) is 0. The molecule has 0 unspecified atom stereocenters. The lowest BCUT2D eigenvalue weighted by molar-refractivity contribution is 0.244. The number of rotatable bonds is 2. The molecule has 78 valence electrons. The Balaban J connectivity index is 1.90. The molecule has 0 N–H and O–H groups in total. The van der Waals surface area contributed by atoms with Crippen molar-refractivity contribution in [3.63, 3.8) is 0 Å². The molecular weight excluding hydrogens is 174 g/mol. The molecule has 1 aromatic rings. The van der Waals surface area contributed by atoms with Crippen LogP contribution in [0.15, 0.2) is 17.0 Å². The lowest BCUT2D eigenvalue weighted by Crippen LogP contribution is -2.17. The quantitative estimate of drug-likeness (QED) is 0.717. The SMILES string of the molecule is CC(C)[C@H]1CC[C@@H](c2cnco2)CC1. The van der Waals surface area contributed by atoms with Crippen molar-refractivity contribution in [1.29, 1.82) is 0 Å². The largest absolute Gasteiger partial charge is 0.448 e. The van der Waals surface area contributed by atoms with E-state index in [1.165, 1.54) is 25.7 Å². The van der Waals surface area contributed by atoms with Crippen molar-refractivity contribution in [2.24, 2.45) is 11.8 Å². The van der Waals surface area contributed by atoms with Gasteiger partial charge < -0.3 is 4.42 Å². The molecule has 0 aromatic carbocycles. The van der Waals surface area contributed by atoms with Gasteiger partial charge in [0.1, 0.15) is 5.76 Å². The summed E-state index contributed by atoms with van der Waals surface area (Å²) in [4.78, 5) is 3.98. The van der Waals surface area contributed by atoms with Crippen molar-refractivity contribution in [2.45, 2.75) is 45.4 Å². The molecule has 2 heteroatoms. The summed E-state index contributed by atoms with van der Waals surface area (Å²) in [5.74, 6) is 3.49. The lowest BCUT2D eigenvalue weighted by Gasteiger charge is -2.29. The van der Waals surface area contributed by atoms with Crippen LogP contribution in [0, 0.1) is 11.8 Å². The van der Waals surface area contributed by atoms with Crippen LogP contribution in [0.5, 0.6) is 0 Å². The maximum atomic E-state index is 5.36. The van der Waals surface area contributed by atoms with E-state index in [0.29, 0.717) is 5.92 Å². The minimum absolute atomic E-state index is 0.632. The Labute approximate surface area is 85.7 Å². The standard InChI is InChI=1S/C12H19NO/c1-9(2)10-3-5-11(6-4-10)12-7-13-8-14-12/h7-11H,3-6H2,1-2H3/t10-,11+. The molecule has 0 spiro atoms. The van der Waals surface area contributed by atoms with Gasteiger partial charge in [-0.05, 0) is 37.5 Å². The fraction of sp³-hybridized carbons (Fsp3) is 0.750.